The molecule has 0 radical (unpaired) electrons. The first-order valence-electron chi connectivity index (χ1n) is 13.6. The fraction of sp³-hybridized carbons (Fsp3) is 0.704. The van der Waals surface area contributed by atoms with Crippen molar-refractivity contribution in [1.29, 1.82) is 0 Å². The molecule has 2 unspecified atom stereocenters. The van der Waals surface area contributed by atoms with Crippen LogP contribution in [0.3, 0.4) is 0 Å². The molecule has 0 bridgehead atoms. The number of amidine groups is 1. The first-order valence-corrected chi connectivity index (χ1v) is 14.3. The van der Waals surface area contributed by atoms with Gasteiger partial charge >= 0.3 is 0 Å². The predicted octanol–water partition coefficient (Wildman–Crippen LogP) is 3.83. The van der Waals surface area contributed by atoms with Gasteiger partial charge in [0.2, 0.25) is 0 Å². The standard InChI is InChI=1S/C27H38Cl2N4O5/c1-26(36)22(35)25(38-23(26)21(34)16-10-11-19(28)20(29)14-16)33-13-12-18-24(32-37-2)30-15-31-27(18,33)17-8-6-4-3-5-7-9-17/h10-11,14-15,17-18,21-23,25,34-36H,3-9,12-13H2,1-2H3,(H,30,31,32)/t18?,21-,22+,23-,25-,26+,27?/m1/s1. The van der Waals surface area contributed by atoms with Gasteiger partial charge in [0.15, 0.2) is 0 Å². The van der Waals surface area contributed by atoms with Gasteiger partial charge in [-0.3, -0.25) is 15.2 Å². The Morgan fingerprint density at radius 3 is 2.53 bits per heavy atom. The number of fused-ring (bicyclic) bond motifs is 1. The van der Waals surface area contributed by atoms with Gasteiger partial charge in [0, 0.05) is 6.54 Å². The molecule has 0 amide bonds. The molecule has 0 aromatic heterocycles. The lowest BCUT2D eigenvalue weighted by Gasteiger charge is -2.48. The summed E-state index contributed by atoms with van der Waals surface area (Å²) >= 11 is 12.3. The molecule has 3 aliphatic heterocycles. The van der Waals surface area contributed by atoms with E-state index < -0.39 is 35.8 Å². The number of aliphatic hydroxyl groups is 3. The van der Waals surface area contributed by atoms with Crippen LogP contribution in [0.2, 0.25) is 10.0 Å². The lowest BCUT2D eigenvalue weighted by atomic mass is 9.74. The molecule has 3 fully saturated rings. The van der Waals surface area contributed by atoms with E-state index in [1.807, 2.05) is 0 Å². The van der Waals surface area contributed by atoms with Gasteiger partial charge in [0.1, 0.15) is 48.0 Å². The van der Waals surface area contributed by atoms with Crippen LogP contribution in [0.1, 0.15) is 70.0 Å². The predicted molar refractivity (Wildman–Crippen MR) is 146 cm³/mol. The summed E-state index contributed by atoms with van der Waals surface area (Å²) in [6, 6.07) is 4.79. The second-order valence-electron chi connectivity index (χ2n) is 11.2. The van der Waals surface area contributed by atoms with Gasteiger partial charge in [-0.2, -0.15) is 0 Å². The largest absolute Gasteiger partial charge is 0.386 e. The summed E-state index contributed by atoms with van der Waals surface area (Å²) in [7, 11) is 1.56. The number of hydrogen-bond donors (Lipinski definition) is 4. The number of aliphatic imine (C=N–C) groups is 2. The molecule has 5 rings (SSSR count). The molecular weight excluding hydrogens is 531 g/mol. The van der Waals surface area contributed by atoms with Crippen LogP contribution < -0.4 is 5.48 Å². The van der Waals surface area contributed by atoms with E-state index in [0.29, 0.717) is 23.0 Å². The smallest absolute Gasteiger partial charge is 0.142 e. The summed E-state index contributed by atoms with van der Waals surface area (Å²) in [6.07, 6.45) is 5.63. The van der Waals surface area contributed by atoms with Crippen LogP contribution in [0, 0.1) is 11.8 Å². The summed E-state index contributed by atoms with van der Waals surface area (Å²) in [5.41, 5.74) is 0.949. The second kappa shape index (κ2) is 11.3. The minimum atomic E-state index is -1.74. The van der Waals surface area contributed by atoms with Crippen molar-refractivity contribution in [2.45, 2.75) is 94.1 Å². The number of nitrogens with one attached hydrogen (secondary N) is 1. The van der Waals surface area contributed by atoms with E-state index in [-0.39, 0.29) is 16.9 Å². The molecule has 4 N–H and O–H groups in total. The van der Waals surface area contributed by atoms with Crippen molar-refractivity contribution in [3.63, 3.8) is 0 Å². The van der Waals surface area contributed by atoms with Crippen LogP contribution in [0.25, 0.3) is 0 Å². The van der Waals surface area contributed by atoms with E-state index in [1.165, 1.54) is 26.2 Å². The maximum atomic E-state index is 11.5. The normalized spacial score (nSPS) is 37.4. The van der Waals surface area contributed by atoms with Crippen molar-refractivity contribution in [2.75, 3.05) is 13.7 Å². The molecule has 1 aromatic rings. The number of ether oxygens (including phenoxy) is 1. The Labute approximate surface area is 233 Å². The molecule has 7 atom stereocenters. The van der Waals surface area contributed by atoms with Gasteiger partial charge in [-0.15, -0.1) is 0 Å². The van der Waals surface area contributed by atoms with Crippen LogP contribution >= 0.6 is 23.2 Å². The highest BCUT2D eigenvalue weighted by molar-refractivity contribution is 6.42. The number of rotatable bonds is 5. The number of halogens is 2. The van der Waals surface area contributed by atoms with Gasteiger partial charge in [0.25, 0.3) is 0 Å². The first kappa shape index (κ1) is 28.2. The third-order valence-corrected chi connectivity index (χ3v) is 9.68. The SMILES string of the molecule is CONC1=NC=NC2(C3CCCCCCC3)C1CCN2[C@@H]1O[C@H]([C@H](O)c2ccc(Cl)c(Cl)c2)[C@@](C)(O)[C@H]1O. The number of nitrogens with zero attached hydrogens (tertiary/aromatic N) is 3. The van der Waals surface area contributed by atoms with Crippen molar-refractivity contribution >= 4 is 35.4 Å². The van der Waals surface area contributed by atoms with Crippen molar-refractivity contribution in [2.24, 2.45) is 21.8 Å². The van der Waals surface area contributed by atoms with E-state index in [2.05, 4.69) is 15.4 Å². The number of aliphatic hydroxyl groups excluding tert-OH is 2. The van der Waals surface area contributed by atoms with Crippen molar-refractivity contribution in [3.8, 4) is 0 Å². The lowest BCUT2D eigenvalue weighted by molar-refractivity contribution is -0.152. The molecule has 2 saturated heterocycles. The molecule has 1 aliphatic carbocycles. The second-order valence-corrected chi connectivity index (χ2v) is 12.0. The Morgan fingerprint density at radius 1 is 1.13 bits per heavy atom. The van der Waals surface area contributed by atoms with E-state index in [9.17, 15) is 15.3 Å². The maximum Gasteiger partial charge on any atom is 0.142 e. The summed E-state index contributed by atoms with van der Waals surface area (Å²) in [6.45, 7) is 2.08. The highest BCUT2D eigenvalue weighted by Crippen LogP contribution is 2.52. The Bertz CT molecular complexity index is 1060. The molecule has 1 saturated carbocycles. The Morgan fingerprint density at radius 2 is 1.84 bits per heavy atom. The molecule has 3 heterocycles. The Hall–Kier alpha value is -1.30. The Kier molecular flexibility index (Phi) is 8.39. The summed E-state index contributed by atoms with van der Waals surface area (Å²) in [5, 5.41) is 35.0. The average molecular weight is 570 g/mol. The Balaban J connectivity index is 1.49. The molecule has 210 valence electrons. The maximum absolute atomic E-state index is 11.5. The van der Waals surface area contributed by atoms with Crippen molar-refractivity contribution < 1.29 is 24.9 Å². The quantitative estimate of drug-likeness (QED) is 0.398. The summed E-state index contributed by atoms with van der Waals surface area (Å²) < 4.78 is 6.41. The van der Waals surface area contributed by atoms with Crippen molar-refractivity contribution in [3.05, 3.63) is 33.8 Å². The van der Waals surface area contributed by atoms with Gasteiger partial charge in [-0.1, -0.05) is 61.4 Å². The third kappa shape index (κ3) is 4.79. The average Bonchev–Trinajstić information content (AvgIpc) is 3.36. The summed E-state index contributed by atoms with van der Waals surface area (Å²) in [4.78, 5) is 16.9. The minimum Gasteiger partial charge on any atom is -0.386 e. The van der Waals surface area contributed by atoms with Crippen LogP contribution in [-0.2, 0) is 9.57 Å². The van der Waals surface area contributed by atoms with E-state index in [1.54, 1.807) is 31.6 Å². The number of likely N-dealkylation sites (tertiary alicyclic amines) is 1. The van der Waals surface area contributed by atoms with Crippen LogP contribution in [0.15, 0.2) is 28.2 Å². The molecule has 11 heteroatoms. The lowest BCUT2D eigenvalue weighted by Crippen LogP contribution is -2.62. The fourth-order valence-corrected chi connectivity index (χ4v) is 7.31. The third-order valence-electron chi connectivity index (χ3n) is 8.95. The van der Waals surface area contributed by atoms with E-state index >= 15 is 0 Å². The van der Waals surface area contributed by atoms with Gasteiger partial charge < -0.3 is 20.1 Å². The first-order chi connectivity index (χ1) is 18.2. The molecule has 9 nitrogen and oxygen atoms in total. The number of hydroxylamine groups is 1. The molecule has 4 aliphatic rings. The van der Waals surface area contributed by atoms with E-state index in [4.69, 9.17) is 37.8 Å². The van der Waals surface area contributed by atoms with E-state index in [0.717, 1.165) is 32.1 Å². The van der Waals surface area contributed by atoms with Gasteiger partial charge in [-0.05, 0) is 49.8 Å². The number of benzene rings is 1. The molecule has 38 heavy (non-hydrogen) atoms. The molecule has 0 spiro atoms. The van der Waals surface area contributed by atoms with Crippen molar-refractivity contribution in [1.82, 2.24) is 10.4 Å². The van der Waals surface area contributed by atoms with Gasteiger partial charge in [-0.25, -0.2) is 9.98 Å². The minimum absolute atomic E-state index is 0.0864. The monoisotopic (exact) mass is 568 g/mol. The zero-order valence-corrected chi connectivity index (χ0v) is 23.4. The fourth-order valence-electron chi connectivity index (χ4n) is 7.00. The van der Waals surface area contributed by atoms with Crippen LogP contribution in [-0.4, -0.2) is 75.7 Å². The van der Waals surface area contributed by atoms with Gasteiger partial charge in [0.05, 0.1) is 23.1 Å². The van der Waals surface area contributed by atoms with Crippen LogP contribution in [0.4, 0.5) is 0 Å². The molecular formula is C27H38Cl2N4O5. The zero-order valence-electron chi connectivity index (χ0n) is 21.9. The highest BCUT2D eigenvalue weighted by Gasteiger charge is 2.64. The molecule has 1 aromatic carbocycles. The van der Waals surface area contributed by atoms with Crippen LogP contribution in [0.5, 0.6) is 0 Å². The number of hydrogen-bond acceptors (Lipinski definition) is 9. The highest BCUT2D eigenvalue weighted by atomic mass is 35.5. The summed E-state index contributed by atoms with van der Waals surface area (Å²) in [5.74, 6) is 0.825. The zero-order chi connectivity index (χ0) is 27.1. The topological polar surface area (TPSA) is 119 Å².